The first kappa shape index (κ1) is 13.6. The van der Waals surface area contributed by atoms with Crippen molar-refractivity contribution in [3.8, 4) is 10.8 Å². The Morgan fingerprint density at radius 3 is 3.00 bits per heavy atom. The van der Waals surface area contributed by atoms with Crippen LogP contribution in [0.25, 0.3) is 10.8 Å². The van der Waals surface area contributed by atoms with E-state index in [2.05, 4.69) is 19.8 Å². The lowest BCUT2D eigenvalue weighted by molar-refractivity contribution is -0.142. The third kappa shape index (κ3) is 3.55. The van der Waals surface area contributed by atoms with Gasteiger partial charge in [0.2, 0.25) is 5.89 Å². The highest BCUT2D eigenvalue weighted by atomic mass is 32.1. The summed E-state index contributed by atoms with van der Waals surface area (Å²) in [5, 5.41) is 20.1. The van der Waals surface area contributed by atoms with Crippen molar-refractivity contribution in [2.75, 3.05) is 6.61 Å². The maximum Gasteiger partial charge on any atom is 0.329 e. The molecule has 19 heavy (non-hydrogen) atoms. The highest BCUT2D eigenvalue weighted by molar-refractivity contribution is 7.09. The maximum atomic E-state index is 10.3. The van der Waals surface area contributed by atoms with Crippen molar-refractivity contribution in [2.24, 2.45) is 0 Å². The Balaban J connectivity index is 2.03. The lowest BCUT2D eigenvalue weighted by atomic mass is 10.2. The van der Waals surface area contributed by atoms with Gasteiger partial charge in [-0.05, 0) is 18.0 Å². The van der Waals surface area contributed by atoms with Crippen LogP contribution in [0.15, 0.2) is 4.42 Å². The van der Waals surface area contributed by atoms with Gasteiger partial charge in [-0.1, -0.05) is 17.8 Å². The first-order valence-corrected chi connectivity index (χ1v) is 6.41. The second-order valence-electron chi connectivity index (χ2n) is 3.69. The second-order valence-corrected chi connectivity index (χ2v) is 4.44. The van der Waals surface area contributed by atoms with Crippen LogP contribution in [0.3, 0.4) is 0 Å². The summed E-state index contributed by atoms with van der Waals surface area (Å²) in [5.41, 5.74) is 0.828. The van der Waals surface area contributed by atoms with Crippen LogP contribution in [0.1, 0.15) is 24.9 Å². The molecule has 0 aromatic carbocycles. The van der Waals surface area contributed by atoms with E-state index in [1.165, 1.54) is 11.5 Å². The number of aliphatic carboxylic acids is 1. The normalized spacial score (nSPS) is 10.8. The summed E-state index contributed by atoms with van der Waals surface area (Å²) < 4.78 is 14.1. The topological polar surface area (TPSA) is 111 Å². The van der Waals surface area contributed by atoms with Crippen LogP contribution >= 0.6 is 11.5 Å². The molecule has 0 saturated heterocycles. The average Bonchev–Trinajstić information content (AvgIpc) is 2.97. The standard InChI is InChI=1S/C10H12N4O4S/c1-2-3-6-9(19-14-11-6)10-13-12-7(18-10)4-17-5-8(15)16/h2-5H2,1H3,(H,15,16). The van der Waals surface area contributed by atoms with Gasteiger partial charge in [-0.3, -0.25) is 0 Å². The molecule has 2 aromatic rings. The van der Waals surface area contributed by atoms with Crippen LogP contribution < -0.4 is 0 Å². The summed E-state index contributed by atoms with van der Waals surface area (Å²) >= 11 is 1.19. The number of hydrogen-bond acceptors (Lipinski definition) is 8. The van der Waals surface area contributed by atoms with Crippen LogP contribution in [-0.2, 0) is 22.6 Å². The highest BCUT2D eigenvalue weighted by Gasteiger charge is 2.16. The van der Waals surface area contributed by atoms with Crippen molar-refractivity contribution in [3.05, 3.63) is 11.6 Å². The lowest BCUT2D eigenvalue weighted by Gasteiger charge is -1.95. The minimum absolute atomic E-state index is 0.0331. The molecule has 0 spiro atoms. The van der Waals surface area contributed by atoms with E-state index in [4.69, 9.17) is 14.3 Å². The van der Waals surface area contributed by atoms with Gasteiger partial charge in [-0.15, -0.1) is 15.3 Å². The Hall–Kier alpha value is -1.87. The zero-order valence-corrected chi connectivity index (χ0v) is 11.0. The number of aryl methyl sites for hydroxylation is 1. The predicted molar refractivity (Wildman–Crippen MR) is 64.5 cm³/mol. The summed E-state index contributed by atoms with van der Waals surface area (Å²) in [6.45, 7) is 1.61. The molecule has 0 bridgehead atoms. The molecule has 2 rings (SSSR count). The third-order valence-corrected chi connectivity index (χ3v) is 2.91. The molecule has 0 radical (unpaired) electrons. The van der Waals surface area contributed by atoms with Gasteiger partial charge in [-0.2, -0.15) is 0 Å². The predicted octanol–water partition coefficient (Wildman–Crippen LogP) is 1.14. The van der Waals surface area contributed by atoms with Gasteiger partial charge in [0, 0.05) is 0 Å². The molecule has 8 nitrogen and oxygen atoms in total. The number of nitrogens with zero attached hydrogens (tertiary/aromatic N) is 4. The monoisotopic (exact) mass is 284 g/mol. The lowest BCUT2D eigenvalue weighted by Crippen LogP contribution is -2.06. The van der Waals surface area contributed by atoms with Gasteiger partial charge in [0.05, 0.1) is 5.69 Å². The molecule has 0 fully saturated rings. The smallest absolute Gasteiger partial charge is 0.329 e. The molecular weight excluding hydrogens is 272 g/mol. The summed E-state index contributed by atoms with van der Waals surface area (Å²) in [4.78, 5) is 11.0. The van der Waals surface area contributed by atoms with Crippen LogP contribution in [0.2, 0.25) is 0 Å². The molecule has 2 aromatic heterocycles. The van der Waals surface area contributed by atoms with Gasteiger partial charge in [0.25, 0.3) is 5.89 Å². The van der Waals surface area contributed by atoms with E-state index in [0.717, 1.165) is 23.4 Å². The van der Waals surface area contributed by atoms with Crippen molar-refractivity contribution < 1.29 is 19.1 Å². The van der Waals surface area contributed by atoms with Gasteiger partial charge in [0.1, 0.15) is 18.1 Å². The summed E-state index contributed by atoms with van der Waals surface area (Å²) in [7, 11) is 0. The molecule has 9 heteroatoms. The third-order valence-electron chi connectivity index (χ3n) is 2.15. The number of carboxylic acid groups (broad SMARTS) is 1. The molecule has 0 atom stereocenters. The van der Waals surface area contributed by atoms with Crippen LogP contribution in [0.4, 0.5) is 0 Å². The van der Waals surface area contributed by atoms with Crippen molar-refractivity contribution >= 4 is 17.5 Å². The number of carboxylic acids is 1. The Bertz CT molecular complexity index is 553. The molecule has 2 heterocycles. The SMILES string of the molecule is CCCc1nnsc1-c1nnc(COCC(=O)O)o1. The van der Waals surface area contributed by atoms with E-state index in [9.17, 15) is 4.79 Å². The number of hydrogen-bond donors (Lipinski definition) is 1. The summed E-state index contributed by atoms with van der Waals surface area (Å²) in [6, 6.07) is 0. The minimum atomic E-state index is -1.04. The Kier molecular flexibility index (Phi) is 4.53. The Morgan fingerprint density at radius 1 is 1.42 bits per heavy atom. The van der Waals surface area contributed by atoms with E-state index in [0.29, 0.717) is 5.89 Å². The van der Waals surface area contributed by atoms with Gasteiger partial charge in [-0.25, -0.2) is 4.79 Å². The van der Waals surface area contributed by atoms with Crippen LogP contribution in [-0.4, -0.2) is 37.5 Å². The zero-order chi connectivity index (χ0) is 13.7. The molecule has 0 aliphatic heterocycles. The number of aromatic nitrogens is 4. The molecule has 0 amide bonds. The van der Waals surface area contributed by atoms with E-state index in [-0.39, 0.29) is 12.5 Å². The van der Waals surface area contributed by atoms with Crippen molar-refractivity contribution in [3.63, 3.8) is 0 Å². The van der Waals surface area contributed by atoms with E-state index >= 15 is 0 Å². The van der Waals surface area contributed by atoms with E-state index in [1.54, 1.807) is 0 Å². The van der Waals surface area contributed by atoms with Crippen molar-refractivity contribution in [1.82, 2.24) is 19.8 Å². The first-order chi connectivity index (χ1) is 9.20. The fourth-order valence-corrected chi connectivity index (χ4v) is 2.03. The Morgan fingerprint density at radius 2 is 2.26 bits per heavy atom. The van der Waals surface area contributed by atoms with E-state index in [1.807, 2.05) is 6.92 Å². The fraction of sp³-hybridized carbons (Fsp3) is 0.500. The average molecular weight is 284 g/mol. The quantitative estimate of drug-likeness (QED) is 0.805. The molecule has 1 N–H and O–H groups in total. The zero-order valence-electron chi connectivity index (χ0n) is 10.2. The van der Waals surface area contributed by atoms with Crippen LogP contribution in [0, 0.1) is 0 Å². The number of carbonyl (C=O) groups is 1. The fourth-order valence-electron chi connectivity index (χ4n) is 1.40. The molecule has 0 unspecified atom stereocenters. The first-order valence-electron chi connectivity index (χ1n) is 5.64. The van der Waals surface area contributed by atoms with Crippen molar-refractivity contribution in [1.29, 1.82) is 0 Å². The Labute approximate surface area is 112 Å². The van der Waals surface area contributed by atoms with Gasteiger partial charge < -0.3 is 14.3 Å². The molecule has 0 aliphatic rings. The molecule has 0 aliphatic carbocycles. The maximum absolute atomic E-state index is 10.3. The van der Waals surface area contributed by atoms with E-state index < -0.39 is 12.6 Å². The minimum Gasteiger partial charge on any atom is -0.480 e. The molecule has 0 saturated carbocycles. The number of rotatable bonds is 7. The van der Waals surface area contributed by atoms with Gasteiger partial charge >= 0.3 is 5.97 Å². The van der Waals surface area contributed by atoms with Crippen molar-refractivity contribution in [2.45, 2.75) is 26.4 Å². The highest BCUT2D eigenvalue weighted by Crippen LogP contribution is 2.25. The molecular formula is C10H12N4O4S. The molecule has 102 valence electrons. The van der Waals surface area contributed by atoms with Gasteiger partial charge in [0.15, 0.2) is 0 Å². The largest absolute Gasteiger partial charge is 0.480 e. The number of ether oxygens (including phenoxy) is 1. The second kappa shape index (κ2) is 6.34. The summed E-state index contributed by atoms with van der Waals surface area (Å²) in [5.74, 6) is -0.476. The van der Waals surface area contributed by atoms with Crippen LogP contribution in [0.5, 0.6) is 0 Å². The summed E-state index contributed by atoms with van der Waals surface area (Å²) in [6.07, 6.45) is 1.74.